The summed E-state index contributed by atoms with van der Waals surface area (Å²) in [6.45, 7) is 7.91. The molecule has 1 aromatic carbocycles. The number of hydrogen-bond donors (Lipinski definition) is 2. The fraction of sp³-hybridized carbons (Fsp3) is 0.480. The van der Waals surface area contributed by atoms with Crippen molar-refractivity contribution in [2.45, 2.75) is 59.0 Å². The maximum absolute atomic E-state index is 13.1. The molecule has 2 amide bonds. The SMILES string of the molecule is CCC(Nc1cccc(C)n1)c1cc(C(=O)NC2CCS(=O)(=O)CC2)ccc1N(CC)C(C)=O. The van der Waals surface area contributed by atoms with Crippen molar-refractivity contribution in [3.05, 3.63) is 53.2 Å². The van der Waals surface area contributed by atoms with Crippen LogP contribution in [0.3, 0.4) is 0 Å². The standard InChI is InChI=1S/C25H34N4O4S/c1-5-22(28-24-9-7-8-17(3)26-24)21-16-19(10-11-23(21)29(6-2)18(4)30)25(31)27-20-12-14-34(32,33)15-13-20/h7-11,16,20,22H,5-6,12-15H2,1-4H3,(H,26,28)(H,27,31). The molecule has 8 nitrogen and oxygen atoms in total. The van der Waals surface area contributed by atoms with E-state index in [1.807, 2.05) is 51.1 Å². The number of anilines is 2. The topological polar surface area (TPSA) is 108 Å². The zero-order valence-corrected chi connectivity index (χ0v) is 21.1. The smallest absolute Gasteiger partial charge is 0.251 e. The normalized spacial score (nSPS) is 16.5. The Morgan fingerprint density at radius 3 is 2.44 bits per heavy atom. The molecule has 2 heterocycles. The summed E-state index contributed by atoms with van der Waals surface area (Å²) in [5, 5.41) is 6.44. The van der Waals surface area contributed by atoms with Gasteiger partial charge in [-0.15, -0.1) is 0 Å². The first-order chi connectivity index (χ1) is 16.1. The van der Waals surface area contributed by atoms with Crippen LogP contribution in [0.4, 0.5) is 11.5 Å². The Bertz CT molecular complexity index is 1140. The van der Waals surface area contributed by atoms with Gasteiger partial charge in [-0.1, -0.05) is 13.0 Å². The lowest BCUT2D eigenvalue weighted by atomic mass is 9.97. The maximum atomic E-state index is 13.1. The predicted octanol–water partition coefficient (Wildman–Crippen LogP) is 3.63. The van der Waals surface area contributed by atoms with Gasteiger partial charge in [-0.05, 0) is 69.0 Å². The maximum Gasteiger partial charge on any atom is 0.251 e. The van der Waals surface area contributed by atoms with Crippen LogP contribution in [0.15, 0.2) is 36.4 Å². The summed E-state index contributed by atoms with van der Waals surface area (Å²) in [5.74, 6) is 0.594. The molecule has 2 N–H and O–H groups in total. The molecule has 34 heavy (non-hydrogen) atoms. The molecule has 0 spiro atoms. The monoisotopic (exact) mass is 486 g/mol. The lowest BCUT2D eigenvalue weighted by Crippen LogP contribution is -2.41. The van der Waals surface area contributed by atoms with Gasteiger partial charge in [0.2, 0.25) is 5.91 Å². The molecule has 0 aliphatic carbocycles. The summed E-state index contributed by atoms with van der Waals surface area (Å²) >= 11 is 0. The molecule has 1 fully saturated rings. The van der Waals surface area contributed by atoms with E-state index in [-0.39, 0.29) is 35.4 Å². The van der Waals surface area contributed by atoms with Crippen LogP contribution in [0.2, 0.25) is 0 Å². The van der Waals surface area contributed by atoms with Gasteiger partial charge in [-0.3, -0.25) is 9.59 Å². The lowest BCUT2D eigenvalue weighted by molar-refractivity contribution is -0.116. The first kappa shape index (κ1) is 25.7. The molecule has 0 saturated carbocycles. The zero-order chi connectivity index (χ0) is 24.9. The Morgan fingerprint density at radius 2 is 1.85 bits per heavy atom. The van der Waals surface area contributed by atoms with Crippen LogP contribution < -0.4 is 15.5 Å². The Morgan fingerprint density at radius 1 is 1.15 bits per heavy atom. The van der Waals surface area contributed by atoms with Crippen molar-refractivity contribution in [1.82, 2.24) is 10.3 Å². The molecule has 2 aromatic rings. The summed E-state index contributed by atoms with van der Waals surface area (Å²) in [7, 11) is -3.00. The summed E-state index contributed by atoms with van der Waals surface area (Å²) in [5.41, 5.74) is 2.95. The fourth-order valence-electron chi connectivity index (χ4n) is 4.29. The third-order valence-corrected chi connectivity index (χ3v) is 7.88. The van der Waals surface area contributed by atoms with Gasteiger partial charge in [0.15, 0.2) is 0 Å². The van der Waals surface area contributed by atoms with E-state index in [4.69, 9.17) is 0 Å². The average molecular weight is 487 g/mol. The second-order valence-corrected chi connectivity index (χ2v) is 11.0. The Hall–Kier alpha value is -2.94. The second kappa shape index (κ2) is 11.0. The van der Waals surface area contributed by atoms with Crippen LogP contribution in [-0.4, -0.2) is 49.3 Å². The molecule has 3 rings (SSSR count). The number of nitrogens with one attached hydrogen (secondary N) is 2. The van der Waals surface area contributed by atoms with E-state index in [9.17, 15) is 18.0 Å². The summed E-state index contributed by atoms with van der Waals surface area (Å²) in [4.78, 5) is 31.6. The zero-order valence-electron chi connectivity index (χ0n) is 20.3. The van der Waals surface area contributed by atoms with Gasteiger partial charge in [0.05, 0.1) is 17.5 Å². The Labute approximate surface area is 202 Å². The molecule has 1 aliphatic heterocycles. The van der Waals surface area contributed by atoms with Crippen molar-refractivity contribution < 1.29 is 18.0 Å². The number of aromatic nitrogens is 1. The molecule has 9 heteroatoms. The minimum Gasteiger partial charge on any atom is -0.363 e. The number of benzene rings is 1. The number of nitrogens with zero attached hydrogens (tertiary/aromatic N) is 2. The van der Waals surface area contributed by atoms with Gasteiger partial charge in [0, 0.05) is 36.5 Å². The Balaban J connectivity index is 1.93. The van der Waals surface area contributed by atoms with Gasteiger partial charge >= 0.3 is 0 Å². The van der Waals surface area contributed by atoms with Gasteiger partial charge in [-0.25, -0.2) is 13.4 Å². The van der Waals surface area contributed by atoms with Crippen molar-refractivity contribution in [3.63, 3.8) is 0 Å². The summed E-state index contributed by atoms with van der Waals surface area (Å²) < 4.78 is 23.4. The number of sulfone groups is 1. The highest BCUT2D eigenvalue weighted by atomic mass is 32.2. The third-order valence-electron chi connectivity index (χ3n) is 6.16. The van der Waals surface area contributed by atoms with E-state index in [0.717, 1.165) is 22.8 Å². The lowest BCUT2D eigenvalue weighted by Gasteiger charge is -2.28. The van der Waals surface area contributed by atoms with Crippen molar-refractivity contribution in [2.24, 2.45) is 0 Å². The second-order valence-electron chi connectivity index (χ2n) is 8.71. The first-order valence-corrected chi connectivity index (χ1v) is 13.6. The van der Waals surface area contributed by atoms with Crippen LogP contribution in [0, 0.1) is 6.92 Å². The average Bonchev–Trinajstić information content (AvgIpc) is 2.79. The molecule has 1 saturated heterocycles. The minimum absolute atomic E-state index is 0.0760. The van der Waals surface area contributed by atoms with Crippen LogP contribution in [0.25, 0.3) is 0 Å². The largest absolute Gasteiger partial charge is 0.363 e. The predicted molar refractivity (Wildman–Crippen MR) is 135 cm³/mol. The first-order valence-electron chi connectivity index (χ1n) is 11.8. The number of amides is 2. The number of carbonyl (C=O) groups excluding carboxylic acids is 2. The Kier molecular flexibility index (Phi) is 8.30. The molecular formula is C25H34N4O4S. The van der Waals surface area contributed by atoms with Crippen LogP contribution in [0.1, 0.15) is 67.7 Å². The van der Waals surface area contributed by atoms with E-state index in [2.05, 4.69) is 15.6 Å². The van der Waals surface area contributed by atoms with Crippen LogP contribution >= 0.6 is 0 Å². The highest BCUT2D eigenvalue weighted by Crippen LogP contribution is 2.32. The van der Waals surface area contributed by atoms with Crippen molar-refractivity contribution >= 4 is 33.2 Å². The van der Waals surface area contributed by atoms with Gasteiger partial charge in [0.25, 0.3) is 5.91 Å². The highest BCUT2D eigenvalue weighted by molar-refractivity contribution is 7.91. The minimum atomic E-state index is -3.00. The van der Waals surface area contributed by atoms with E-state index in [1.165, 1.54) is 6.92 Å². The molecule has 0 radical (unpaired) electrons. The molecule has 184 valence electrons. The van der Waals surface area contributed by atoms with E-state index >= 15 is 0 Å². The van der Waals surface area contributed by atoms with Crippen molar-refractivity contribution in [3.8, 4) is 0 Å². The van der Waals surface area contributed by atoms with E-state index in [0.29, 0.717) is 31.4 Å². The van der Waals surface area contributed by atoms with Gasteiger partial charge < -0.3 is 15.5 Å². The molecule has 1 unspecified atom stereocenters. The van der Waals surface area contributed by atoms with Crippen molar-refractivity contribution in [2.75, 3.05) is 28.3 Å². The quantitative estimate of drug-likeness (QED) is 0.590. The highest BCUT2D eigenvalue weighted by Gasteiger charge is 2.26. The number of aryl methyl sites for hydroxylation is 1. The van der Waals surface area contributed by atoms with Gasteiger partial charge in [0.1, 0.15) is 15.7 Å². The number of pyridine rings is 1. The third kappa shape index (κ3) is 6.34. The van der Waals surface area contributed by atoms with Crippen molar-refractivity contribution in [1.29, 1.82) is 0 Å². The van der Waals surface area contributed by atoms with E-state index in [1.54, 1.807) is 11.0 Å². The number of hydrogen-bond acceptors (Lipinski definition) is 6. The summed E-state index contributed by atoms with van der Waals surface area (Å²) in [6.07, 6.45) is 1.56. The van der Waals surface area contributed by atoms with Gasteiger partial charge in [-0.2, -0.15) is 0 Å². The number of rotatable bonds is 8. The summed E-state index contributed by atoms with van der Waals surface area (Å²) in [6, 6.07) is 10.8. The molecule has 0 bridgehead atoms. The van der Waals surface area contributed by atoms with Crippen LogP contribution in [0.5, 0.6) is 0 Å². The molecular weight excluding hydrogens is 452 g/mol. The molecule has 1 aliphatic rings. The number of carbonyl (C=O) groups is 2. The van der Waals surface area contributed by atoms with Crippen LogP contribution in [-0.2, 0) is 14.6 Å². The molecule has 1 atom stereocenters. The van der Waals surface area contributed by atoms with E-state index < -0.39 is 9.84 Å². The molecule has 1 aromatic heterocycles. The fourth-order valence-corrected chi connectivity index (χ4v) is 5.78.